The summed E-state index contributed by atoms with van der Waals surface area (Å²) in [5.41, 5.74) is 12.0. The van der Waals surface area contributed by atoms with Gasteiger partial charge in [-0.05, 0) is 80.4 Å². The molecule has 1 aromatic rings. The zero-order chi connectivity index (χ0) is 21.8. The average molecular weight is 442 g/mol. The van der Waals surface area contributed by atoms with Gasteiger partial charge in [0.1, 0.15) is 12.4 Å². The highest BCUT2D eigenvalue weighted by atomic mass is 17.3. The third kappa shape index (κ3) is 3.58. The summed E-state index contributed by atoms with van der Waals surface area (Å²) in [7, 11) is 0. The van der Waals surface area contributed by atoms with Crippen LogP contribution in [0.15, 0.2) is 29.3 Å². The molecule has 32 heavy (non-hydrogen) atoms. The number of benzene rings is 1. The van der Waals surface area contributed by atoms with Crippen molar-refractivity contribution in [2.75, 3.05) is 13.2 Å². The van der Waals surface area contributed by atoms with E-state index in [-0.39, 0.29) is 5.96 Å². The number of hydrogen-bond donors (Lipinski definition) is 2. The summed E-state index contributed by atoms with van der Waals surface area (Å²) < 4.78 is 12.5. The van der Waals surface area contributed by atoms with Gasteiger partial charge in [-0.1, -0.05) is 12.1 Å². The summed E-state index contributed by atoms with van der Waals surface area (Å²) in [5.74, 6) is 3.27. The van der Waals surface area contributed by atoms with Crippen LogP contribution < -0.4 is 16.2 Å². The Bertz CT molecular complexity index is 830. The highest BCUT2D eigenvalue weighted by Crippen LogP contribution is 2.64. The summed E-state index contributed by atoms with van der Waals surface area (Å²) in [5, 5.41) is 0. The number of guanidine groups is 1. The molecule has 0 atom stereocenters. The predicted molar refractivity (Wildman–Crippen MR) is 120 cm³/mol. The number of nitrogens with two attached hydrogens (primary N) is 2. The smallest absolute Gasteiger partial charge is 0.210 e. The first kappa shape index (κ1) is 20.8. The van der Waals surface area contributed by atoms with Gasteiger partial charge in [-0.2, -0.15) is 9.78 Å². The summed E-state index contributed by atoms with van der Waals surface area (Å²) in [4.78, 5) is 16.2. The van der Waals surface area contributed by atoms with E-state index in [0.29, 0.717) is 30.9 Å². The minimum Gasteiger partial charge on any atom is -0.492 e. The van der Waals surface area contributed by atoms with E-state index in [0.717, 1.165) is 43.3 Å². The molecule has 0 unspecified atom stereocenters. The van der Waals surface area contributed by atoms with Gasteiger partial charge < -0.3 is 20.9 Å². The fourth-order valence-electron chi connectivity index (χ4n) is 7.36. The van der Waals surface area contributed by atoms with Crippen molar-refractivity contribution in [2.45, 2.75) is 75.3 Å². The molecule has 1 aromatic carbocycles. The Morgan fingerprint density at radius 3 is 2.22 bits per heavy atom. The lowest BCUT2D eigenvalue weighted by atomic mass is 9.53. The van der Waals surface area contributed by atoms with Gasteiger partial charge in [0.25, 0.3) is 0 Å². The minimum atomic E-state index is -0.541. The Labute approximate surface area is 189 Å². The first-order valence-corrected chi connectivity index (χ1v) is 12.4. The summed E-state index contributed by atoms with van der Waals surface area (Å²) in [6.45, 7) is 0.921. The van der Waals surface area contributed by atoms with Crippen LogP contribution in [0, 0.1) is 23.7 Å². The molecule has 4 bridgehead atoms. The van der Waals surface area contributed by atoms with Gasteiger partial charge in [-0.15, -0.1) is 0 Å². The molecule has 6 aliphatic rings. The predicted octanol–water partition coefficient (Wildman–Crippen LogP) is 3.82. The maximum absolute atomic E-state index is 6.84. The molecule has 0 aromatic heterocycles. The van der Waals surface area contributed by atoms with Crippen LogP contribution in [0.2, 0.25) is 0 Å². The molecule has 6 fully saturated rings. The van der Waals surface area contributed by atoms with E-state index in [1.54, 1.807) is 0 Å². The van der Waals surface area contributed by atoms with Crippen LogP contribution in [0.1, 0.15) is 69.3 Å². The Kier molecular flexibility index (Phi) is 5.12. The number of ether oxygens (including phenoxy) is 2. The quantitative estimate of drug-likeness (QED) is 0.312. The van der Waals surface area contributed by atoms with Crippen molar-refractivity contribution in [2.24, 2.45) is 40.1 Å². The van der Waals surface area contributed by atoms with Gasteiger partial charge in [-0.3, -0.25) is 4.99 Å². The summed E-state index contributed by atoms with van der Waals surface area (Å²) in [6.07, 6.45) is 10.3. The van der Waals surface area contributed by atoms with E-state index >= 15 is 0 Å². The van der Waals surface area contributed by atoms with Gasteiger partial charge in [0.15, 0.2) is 5.96 Å². The molecule has 7 nitrogen and oxygen atoms in total. The van der Waals surface area contributed by atoms with Crippen LogP contribution in [0.5, 0.6) is 5.75 Å². The van der Waals surface area contributed by atoms with Gasteiger partial charge in [0.05, 0.1) is 6.54 Å². The Balaban J connectivity index is 1.05. The van der Waals surface area contributed by atoms with E-state index < -0.39 is 11.6 Å². The second-order valence-corrected chi connectivity index (χ2v) is 10.7. The highest BCUT2D eigenvalue weighted by Gasteiger charge is 2.66. The largest absolute Gasteiger partial charge is 0.492 e. The zero-order valence-electron chi connectivity index (χ0n) is 18.7. The molecule has 7 heteroatoms. The van der Waals surface area contributed by atoms with Crippen molar-refractivity contribution in [3.8, 4) is 5.75 Å². The number of aliphatic imine (C=N–C) groups is 1. The van der Waals surface area contributed by atoms with Crippen molar-refractivity contribution < 1.29 is 19.2 Å². The standard InChI is InChI=1S/C25H35N3O4/c26-23(27)28-9-10-29-22-3-1-18(2-4-22)19-5-7-24(8-6-19)30-25(32-31-24)20-12-16-11-17(14-20)15-21(25)13-16/h1-4,16-17,19-21H,5-15H2,(H4,26,27,28). The second-order valence-electron chi connectivity index (χ2n) is 10.7. The first-order valence-electron chi connectivity index (χ1n) is 12.4. The van der Waals surface area contributed by atoms with Crippen molar-refractivity contribution >= 4 is 5.96 Å². The van der Waals surface area contributed by atoms with Crippen LogP contribution in [0.4, 0.5) is 0 Å². The van der Waals surface area contributed by atoms with Crippen LogP contribution in [0.25, 0.3) is 0 Å². The Morgan fingerprint density at radius 2 is 1.59 bits per heavy atom. The highest BCUT2D eigenvalue weighted by molar-refractivity contribution is 5.75. The van der Waals surface area contributed by atoms with Gasteiger partial charge >= 0.3 is 0 Å². The molecule has 5 aliphatic carbocycles. The normalized spacial score (nSPS) is 41.9. The maximum atomic E-state index is 6.84. The molecule has 0 amide bonds. The number of rotatable bonds is 5. The summed E-state index contributed by atoms with van der Waals surface area (Å²) in [6, 6.07) is 8.41. The van der Waals surface area contributed by atoms with E-state index in [4.69, 9.17) is 30.7 Å². The fourth-order valence-corrected chi connectivity index (χ4v) is 7.36. The molecule has 0 radical (unpaired) electrons. The van der Waals surface area contributed by atoms with Gasteiger partial charge in [-0.25, -0.2) is 0 Å². The van der Waals surface area contributed by atoms with Crippen molar-refractivity contribution in [1.29, 1.82) is 0 Å². The van der Waals surface area contributed by atoms with Crippen LogP contribution in [-0.2, 0) is 14.5 Å². The molecule has 1 aliphatic heterocycles. The molecule has 174 valence electrons. The third-order valence-corrected chi connectivity index (χ3v) is 8.70. The first-order chi connectivity index (χ1) is 15.5. The fraction of sp³-hybridized carbons (Fsp3) is 0.720. The lowest BCUT2D eigenvalue weighted by Crippen LogP contribution is -2.59. The molecule has 4 N–H and O–H groups in total. The zero-order valence-corrected chi connectivity index (χ0v) is 18.7. The molecule has 7 rings (SSSR count). The second kappa shape index (κ2) is 7.89. The van der Waals surface area contributed by atoms with E-state index in [2.05, 4.69) is 17.1 Å². The maximum Gasteiger partial charge on any atom is 0.210 e. The molecule has 5 saturated carbocycles. The Hall–Kier alpha value is -1.83. The molecule has 1 heterocycles. The third-order valence-electron chi connectivity index (χ3n) is 8.70. The van der Waals surface area contributed by atoms with E-state index in [1.165, 1.54) is 37.7 Å². The molecule has 2 spiro atoms. The van der Waals surface area contributed by atoms with Crippen molar-refractivity contribution in [3.05, 3.63) is 29.8 Å². The van der Waals surface area contributed by atoms with Crippen molar-refractivity contribution in [3.63, 3.8) is 0 Å². The topological polar surface area (TPSA) is 101 Å². The average Bonchev–Trinajstić information content (AvgIpc) is 3.15. The van der Waals surface area contributed by atoms with Gasteiger partial charge in [0, 0.05) is 24.7 Å². The van der Waals surface area contributed by atoms with Gasteiger partial charge in [0.2, 0.25) is 11.6 Å². The van der Waals surface area contributed by atoms with Crippen molar-refractivity contribution in [1.82, 2.24) is 0 Å². The van der Waals surface area contributed by atoms with Crippen LogP contribution >= 0.6 is 0 Å². The molecular weight excluding hydrogens is 406 g/mol. The monoisotopic (exact) mass is 441 g/mol. The summed E-state index contributed by atoms with van der Waals surface area (Å²) >= 11 is 0. The Morgan fingerprint density at radius 1 is 0.938 bits per heavy atom. The van der Waals surface area contributed by atoms with Crippen LogP contribution in [-0.4, -0.2) is 30.7 Å². The van der Waals surface area contributed by atoms with E-state index in [1.807, 2.05) is 12.1 Å². The number of hydrogen-bond acceptors (Lipinski definition) is 5. The minimum absolute atomic E-state index is 0.0915. The van der Waals surface area contributed by atoms with Crippen LogP contribution in [0.3, 0.4) is 0 Å². The lowest BCUT2D eigenvalue weighted by molar-refractivity contribution is -0.390. The molecular formula is C25H35N3O4. The van der Waals surface area contributed by atoms with E-state index in [9.17, 15) is 0 Å². The lowest BCUT2D eigenvalue weighted by Gasteiger charge is -2.57. The number of nitrogens with zero attached hydrogens (tertiary/aromatic N) is 1. The molecule has 1 saturated heterocycles. The SMILES string of the molecule is NC(N)=NCCOc1ccc(C2CCC3(CC2)OOC2(O3)C3CC4CC(C3)CC2C4)cc1.